The van der Waals surface area contributed by atoms with Crippen molar-refractivity contribution in [3.8, 4) is 0 Å². The molecule has 1 rings (SSSR count). The maximum atomic E-state index is 3.60. The summed E-state index contributed by atoms with van der Waals surface area (Å²) >= 11 is 0. The van der Waals surface area contributed by atoms with Crippen LogP contribution in [0.2, 0.25) is 0 Å². The van der Waals surface area contributed by atoms with Gasteiger partial charge in [-0.25, -0.2) is 0 Å². The summed E-state index contributed by atoms with van der Waals surface area (Å²) in [6.07, 6.45) is 0. The van der Waals surface area contributed by atoms with Crippen LogP contribution in [0.4, 0.5) is 5.69 Å². The fourth-order valence-electron chi connectivity index (χ4n) is 2.31. The minimum Gasteiger partial charge on any atom is -0.369 e. The van der Waals surface area contributed by atoms with Gasteiger partial charge in [0.15, 0.2) is 0 Å². The molecule has 0 fully saturated rings. The zero-order valence-corrected chi connectivity index (χ0v) is 13.7. The fourth-order valence-corrected chi connectivity index (χ4v) is 2.31. The predicted molar refractivity (Wildman–Crippen MR) is 85.9 cm³/mol. The average Bonchev–Trinajstić information content (AvgIpc) is 2.28. The second-order valence-electron chi connectivity index (χ2n) is 6.62. The molecule has 0 unspecified atom stereocenters. The Morgan fingerprint density at radius 2 is 1.84 bits per heavy atom. The van der Waals surface area contributed by atoms with E-state index >= 15 is 0 Å². The van der Waals surface area contributed by atoms with Crippen LogP contribution in [0.15, 0.2) is 18.2 Å². The zero-order valence-electron chi connectivity index (χ0n) is 13.7. The minimum absolute atomic E-state index is 0.149. The number of hydrogen-bond acceptors (Lipinski definition) is 2. The van der Waals surface area contributed by atoms with Gasteiger partial charge in [-0.05, 0) is 60.1 Å². The van der Waals surface area contributed by atoms with Gasteiger partial charge in [-0.2, -0.15) is 0 Å². The summed E-state index contributed by atoms with van der Waals surface area (Å²) in [7, 11) is 0. The lowest BCUT2D eigenvalue weighted by Gasteiger charge is -2.31. The van der Waals surface area contributed by atoms with E-state index < -0.39 is 0 Å². The molecule has 1 aromatic carbocycles. The molecule has 19 heavy (non-hydrogen) atoms. The van der Waals surface area contributed by atoms with Gasteiger partial charge in [-0.1, -0.05) is 17.7 Å². The molecule has 1 aromatic rings. The summed E-state index contributed by atoms with van der Waals surface area (Å²) < 4.78 is 0. The summed E-state index contributed by atoms with van der Waals surface area (Å²) in [5.74, 6) is 0. The van der Waals surface area contributed by atoms with Gasteiger partial charge in [0.05, 0.1) is 0 Å². The lowest BCUT2D eigenvalue weighted by atomic mass is 10.0. The van der Waals surface area contributed by atoms with Crippen molar-refractivity contribution >= 4 is 5.69 Å². The van der Waals surface area contributed by atoms with Crippen LogP contribution < -0.4 is 10.2 Å². The first kappa shape index (κ1) is 16.0. The summed E-state index contributed by atoms with van der Waals surface area (Å²) in [6, 6.07) is 7.31. The van der Waals surface area contributed by atoms with Crippen molar-refractivity contribution in [1.29, 1.82) is 0 Å². The first-order valence-corrected chi connectivity index (χ1v) is 7.35. The van der Waals surface area contributed by atoms with E-state index in [1.54, 1.807) is 0 Å². The Hall–Kier alpha value is -1.02. The Kier molecular flexibility index (Phi) is 5.42. The first-order valence-electron chi connectivity index (χ1n) is 7.35. The fraction of sp³-hybridized carbons (Fsp3) is 0.647. The van der Waals surface area contributed by atoms with E-state index in [2.05, 4.69) is 76.9 Å². The molecule has 0 bridgehead atoms. The van der Waals surface area contributed by atoms with Gasteiger partial charge in [0.25, 0.3) is 0 Å². The highest BCUT2D eigenvalue weighted by Crippen LogP contribution is 2.24. The van der Waals surface area contributed by atoms with Crippen LogP contribution in [0.5, 0.6) is 0 Å². The number of nitrogens with zero attached hydrogens (tertiary/aromatic N) is 1. The Morgan fingerprint density at radius 3 is 2.32 bits per heavy atom. The molecule has 0 saturated heterocycles. The number of benzene rings is 1. The topological polar surface area (TPSA) is 15.3 Å². The van der Waals surface area contributed by atoms with E-state index in [1.807, 2.05) is 0 Å². The van der Waals surface area contributed by atoms with Gasteiger partial charge in [0.1, 0.15) is 0 Å². The van der Waals surface area contributed by atoms with Gasteiger partial charge in [0, 0.05) is 30.4 Å². The van der Waals surface area contributed by atoms with Crippen LogP contribution >= 0.6 is 0 Å². The Morgan fingerprint density at radius 1 is 1.21 bits per heavy atom. The van der Waals surface area contributed by atoms with Crippen molar-refractivity contribution < 1.29 is 0 Å². The summed E-state index contributed by atoms with van der Waals surface area (Å²) in [6.45, 7) is 17.5. The third-order valence-corrected chi connectivity index (χ3v) is 3.32. The molecule has 108 valence electrons. The molecule has 0 amide bonds. The molecule has 2 nitrogen and oxygen atoms in total. The highest BCUT2D eigenvalue weighted by atomic mass is 15.1. The molecule has 1 N–H and O–H groups in total. The predicted octanol–water partition coefficient (Wildman–Crippen LogP) is 4.12. The van der Waals surface area contributed by atoms with Crippen molar-refractivity contribution in [3.05, 3.63) is 29.3 Å². The molecule has 0 aliphatic carbocycles. The van der Waals surface area contributed by atoms with Crippen LogP contribution in [0.1, 0.15) is 52.7 Å². The quantitative estimate of drug-likeness (QED) is 0.859. The Balaban J connectivity index is 3.03. The second-order valence-corrected chi connectivity index (χ2v) is 6.62. The average molecular weight is 262 g/mol. The van der Waals surface area contributed by atoms with Gasteiger partial charge in [-0.3, -0.25) is 0 Å². The molecule has 0 spiro atoms. The van der Waals surface area contributed by atoms with Crippen molar-refractivity contribution in [3.63, 3.8) is 0 Å². The molecular formula is C17H30N2. The lowest BCUT2D eigenvalue weighted by Crippen LogP contribution is -2.36. The van der Waals surface area contributed by atoms with Crippen molar-refractivity contribution in [2.75, 3.05) is 11.4 Å². The van der Waals surface area contributed by atoms with Crippen molar-refractivity contribution in [2.24, 2.45) is 0 Å². The molecule has 0 aromatic heterocycles. The number of aryl methyl sites for hydroxylation is 1. The molecule has 0 radical (unpaired) electrons. The smallest absolute Gasteiger partial charge is 0.0414 e. The monoisotopic (exact) mass is 262 g/mol. The van der Waals surface area contributed by atoms with Crippen molar-refractivity contribution in [2.45, 2.75) is 66.6 Å². The highest BCUT2D eigenvalue weighted by Gasteiger charge is 2.15. The van der Waals surface area contributed by atoms with E-state index in [4.69, 9.17) is 0 Å². The SMILES string of the molecule is CCN(c1ccc(C)cc1CNC(C)(C)C)C(C)C. The Labute approximate surface area is 119 Å². The normalized spacial score (nSPS) is 12.0. The van der Waals surface area contributed by atoms with E-state index in [0.717, 1.165) is 13.1 Å². The van der Waals surface area contributed by atoms with Gasteiger partial charge in [0.2, 0.25) is 0 Å². The molecular weight excluding hydrogens is 232 g/mol. The largest absolute Gasteiger partial charge is 0.369 e. The highest BCUT2D eigenvalue weighted by molar-refractivity contribution is 5.55. The first-order chi connectivity index (χ1) is 8.74. The maximum Gasteiger partial charge on any atom is 0.0414 e. The van der Waals surface area contributed by atoms with Gasteiger partial charge >= 0.3 is 0 Å². The van der Waals surface area contributed by atoms with Crippen molar-refractivity contribution in [1.82, 2.24) is 5.32 Å². The molecule has 0 saturated carbocycles. The molecule has 0 atom stereocenters. The third kappa shape index (κ3) is 4.87. The summed E-state index contributed by atoms with van der Waals surface area (Å²) in [5, 5.41) is 3.60. The number of nitrogens with one attached hydrogen (secondary N) is 1. The number of rotatable bonds is 5. The third-order valence-electron chi connectivity index (χ3n) is 3.32. The summed E-state index contributed by atoms with van der Waals surface area (Å²) in [4.78, 5) is 2.46. The second kappa shape index (κ2) is 6.42. The van der Waals surface area contributed by atoms with E-state index in [-0.39, 0.29) is 5.54 Å². The molecule has 0 heterocycles. The van der Waals surface area contributed by atoms with E-state index in [9.17, 15) is 0 Å². The van der Waals surface area contributed by atoms with Crippen LogP contribution in [0.3, 0.4) is 0 Å². The maximum absolute atomic E-state index is 3.60. The molecule has 2 heteroatoms. The molecule has 0 aliphatic heterocycles. The lowest BCUT2D eigenvalue weighted by molar-refractivity contribution is 0.424. The standard InChI is InChI=1S/C17H30N2/c1-8-19(13(2)3)16-10-9-14(4)11-15(16)12-18-17(5,6)7/h9-11,13,18H,8,12H2,1-7H3. The number of hydrogen-bond donors (Lipinski definition) is 1. The summed E-state index contributed by atoms with van der Waals surface area (Å²) in [5.41, 5.74) is 4.23. The zero-order chi connectivity index (χ0) is 14.6. The van der Waals surface area contributed by atoms with Gasteiger partial charge < -0.3 is 10.2 Å². The Bertz CT molecular complexity index is 402. The van der Waals surface area contributed by atoms with E-state index in [1.165, 1.54) is 16.8 Å². The van der Waals surface area contributed by atoms with E-state index in [0.29, 0.717) is 6.04 Å². The van der Waals surface area contributed by atoms with Crippen LogP contribution in [0.25, 0.3) is 0 Å². The van der Waals surface area contributed by atoms with Crippen LogP contribution in [-0.2, 0) is 6.54 Å². The van der Waals surface area contributed by atoms with Crippen LogP contribution in [-0.4, -0.2) is 18.1 Å². The number of anilines is 1. The van der Waals surface area contributed by atoms with Gasteiger partial charge in [-0.15, -0.1) is 0 Å². The molecule has 0 aliphatic rings. The van der Waals surface area contributed by atoms with Crippen LogP contribution in [0, 0.1) is 6.92 Å². The minimum atomic E-state index is 0.149.